The molecule has 0 aliphatic heterocycles. The van der Waals surface area contributed by atoms with Crippen LogP contribution in [0.25, 0.3) is 10.9 Å². The predicted molar refractivity (Wildman–Crippen MR) is 155 cm³/mol. The molecule has 0 radical (unpaired) electrons. The molecule has 1 amide bonds. The number of unbranched alkanes of at least 4 members (excludes halogenated alkanes) is 4. The first-order valence-corrected chi connectivity index (χ1v) is 14.3. The molecule has 1 heterocycles. The van der Waals surface area contributed by atoms with Crippen molar-refractivity contribution in [1.29, 1.82) is 0 Å². The average molecular weight is 537 g/mol. The number of para-hydroxylation sites is 1. The molecule has 3 aromatic rings. The highest BCUT2D eigenvalue weighted by atomic mass is 16.5. The summed E-state index contributed by atoms with van der Waals surface area (Å²) in [5.41, 5.74) is 3.12. The Bertz CT molecular complexity index is 1190. The highest BCUT2D eigenvalue weighted by Gasteiger charge is 2.28. The number of carboxylic acid groups (broad SMARTS) is 1. The van der Waals surface area contributed by atoms with E-state index in [2.05, 4.69) is 29.7 Å². The Morgan fingerprint density at radius 1 is 0.974 bits per heavy atom. The van der Waals surface area contributed by atoms with Gasteiger partial charge in [-0.15, -0.1) is 0 Å². The van der Waals surface area contributed by atoms with Gasteiger partial charge in [-0.05, 0) is 55.0 Å². The molecule has 212 valence electrons. The number of nitrogens with zero attached hydrogens (tertiary/aromatic N) is 2. The van der Waals surface area contributed by atoms with E-state index in [4.69, 9.17) is 9.47 Å². The van der Waals surface area contributed by atoms with Crippen LogP contribution in [0.2, 0.25) is 0 Å². The molecule has 0 saturated heterocycles. The number of hydrogen-bond acceptors (Lipinski definition) is 4. The largest absolute Gasteiger partial charge is 0.484 e. The van der Waals surface area contributed by atoms with Crippen molar-refractivity contribution in [2.75, 3.05) is 19.8 Å². The van der Waals surface area contributed by atoms with E-state index < -0.39 is 12.1 Å². The number of amides is 1. The van der Waals surface area contributed by atoms with Crippen LogP contribution in [0.15, 0.2) is 54.6 Å². The first-order chi connectivity index (χ1) is 18.9. The normalized spacial score (nSPS) is 12.8. The average Bonchev–Trinajstić information content (AvgIpc) is 3.26. The summed E-state index contributed by atoms with van der Waals surface area (Å²) in [6.45, 7) is 7.47. The molecule has 1 unspecified atom stereocenters. The van der Waals surface area contributed by atoms with Gasteiger partial charge in [0.15, 0.2) is 12.7 Å². The van der Waals surface area contributed by atoms with Crippen molar-refractivity contribution >= 4 is 22.8 Å². The number of carbonyl (C=O) groups excluding carboxylic acids is 1. The van der Waals surface area contributed by atoms with Gasteiger partial charge in [-0.3, -0.25) is 4.79 Å². The second-order valence-corrected chi connectivity index (χ2v) is 10.1. The number of hydrogen-bond donors (Lipinski definition) is 1. The third-order valence-corrected chi connectivity index (χ3v) is 7.35. The van der Waals surface area contributed by atoms with Crippen molar-refractivity contribution in [1.82, 2.24) is 9.47 Å². The molecule has 1 aromatic heterocycles. The molecule has 0 spiro atoms. The highest BCUT2D eigenvalue weighted by Crippen LogP contribution is 2.28. The van der Waals surface area contributed by atoms with E-state index in [-0.39, 0.29) is 18.4 Å². The SMILES string of the molecule is CCCCCCCN(Cc1cc2ccccc2n1C)C(=O)COc1ccc(C(CC)[C@H](OCC)C(=O)O)cc1. The number of ether oxygens (including phenoxy) is 2. The number of aliphatic carboxylic acids is 1. The van der Waals surface area contributed by atoms with Crippen LogP contribution in [0, 0.1) is 0 Å². The molecule has 7 heteroatoms. The predicted octanol–water partition coefficient (Wildman–Crippen LogP) is 6.54. The third-order valence-electron chi connectivity index (χ3n) is 7.35. The van der Waals surface area contributed by atoms with Crippen molar-refractivity contribution in [3.05, 3.63) is 65.9 Å². The Morgan fingerprint density at radius 3 is 2.33 bits per heavy atom. The first-order valence-electron chi connectivity index (χ1n) is 14.3. The van der Waals surface area contributed by atoms with Crippen LogP contribution in [0.1, 0.15) is 76.5 Å². The fourth-order valence-electron chi connectivity index (χ4n) is 5.10. The number of carbonyl (C=O) groups is 2. The van der Waals surface area contributed by atoms with Crippen molar-refractivity contribution in [3.63, 3.8) is 0 Å². The van der Waals surface area contributed by atoms with E-state index >= 15 is 0 Å². The molecule has 0 fully saturated rings. The summed E-state index contributed by atoms with van der Waals surface area (Å²) < 4.78 is 13.5. The second kappa shape index (κ2) is 15.3. The summed E-state index contributed by atoms with van der Waals surface area (Å²) in [6, 6.07) is 17.7. The molecule has 2 aromatic carbocycles. The van der Waals surface area contributed by atoms with E-state index in [1.54, 1.807) is 19.1 Å². The van der Waals surface area contributed by atoms with Crippen molar-refractivity contribution < 1.29 is 24.2 Å². The molecular weight excluding hydrogens is 492 g/mol. The lowest BCUT2D eigenvalue weighted by Gasteiger charge is -2.24. The lowest BCUT2D eigenvalue weighted by atomic mass is 9.91. The Kier molecular flexibility index (Phi) is 11.9. The Balaban J connectivity index is 1.67. The maximum atomic E-state index is 13.3. The Labute approximate surface area is 232 Å². The van der Waals surface area contributed by atoms with Crippen LogP contribution in [0.5, 0.6) is 5.75 Å². The Morgan fingerprint density at radius 2 is 1.69 bits per heavy atom. The molecule has 2 atom stereocenters. The number of rotatable bonds is 17. The minimum absolute atomic E-state index is 0.0476. The minimum Gasteiger partial charge on any atom is -0.484 e. The van der Waals surface area contributed by atoms with Gasteiger partial charge in [-0.2, -0.15) is 0 Å². The van der Waals surface area contributed by atoms with Gasteiger partial charge in [0.05, 0.1) is 6.54 Å². The van der Waals surface area contributed by atoms with E-state index in [0.29, 0.717) is 31.9 Å². The number of fused-ring (bicyclic) bond motifs is 1. The standard InChI is InChI=1S/C32H44N2O5/c1-5-8-9-10-13-20-34(22-26-21-25-14-11-12-15-29(25)33(26)4)30(35)23-39-27-18-16-24(17-19-27)28(6-2)31(32(36)37)38-7-3/h11-12,14-19,21,28,31H,5-10,13,20,22-23H2,1-4H3,(H,36,37)/t28?,31-/m0/s1. The van der Waals surface area contributed by atoms with Gasteiger partial charge in [0.2, 0.25) is 0 Å². The lowest BCUT2D eigenvalue weighted by Crippen LogP contribution is -2.35. The van der Waals surface area contributed by atoms with Gasteiger partial charge in [0.1, 0.15) is 5.75 Å². The van der Waals surface area contributed by atoms with Crippen LogP contribution in [-0.4, -0.2) is 52.3 Å². The monoisotopic (exact) mass is 536 g/mol. The molecule has 1 N–H and O–H groups in total. The fraction of sp³-hybridized carbons (Fsp3) is 0.500. The number of benzene rings is 2. The smallest absolute Gasteiger partial charge is 0.333 e. The maximum absolute atomic E-state index is 13.3. The molecule has 0 bridgehead atoms. The zero-order valence-electron chi connectivity index (χ0n) is 23.9. The number of carboxylic acids is 1. The van der Waals surface area contributed by atoms with Gasteiger partial charge in [0, 0.05) is 37.3 Å². The van der Waals surface area contributed by atoms with Crippen LogP contribution in [0.3, 0.4) is 0 Å². The molecule has 7 nitrogen and oxygen atoms in total. The lowest BCUT2D eigenvalue weighted by molar-refractivity contribution is -0.151. The highest BCUT2D eigenvalue weighted by molar-refractivity contribution is 5.82. The quantitative estimate of drug-likeness (QED) is 0.198. The first kappa shape index (κ1) is 30.2. The molecular formula is C32H44N2O5. The van der Waals surface area contributed by atoms with Crippen LogP contribution >= 0.6 is 0 Å². The van der Waals surface area contributed by atoms with Gasteiger partial charge in [-0.25, -0.2) is 4.79 Å². The number of aromatic nitrogens is 1. The summed E-state index contributed by atoms with van der Waals surface area (Å²) in [5.74, 6) is -0.691. The topological polar surface area (TPSA) is 81.0 Å². The summed E-state index contributed by atoms with van der Waals surface area (Å²) in [6.07, 6.45) is 5.39. The van der Waals surface area contributed by atoms with Crippen molar-refractivity contribution in [2.45, 2.75) is 77.9 Å². The molecule has 0 aliphatic carbocycles. The Hall–Kier alpha value is -3.32. The zero-order valence-corrected chi connectivity index (χ0v) is 23.9. The van der Waals surface area contributed by atoms with Crippen LogP contribution in [-0.2, 0) is 27.9 Å². The summed E-state index contributed by atoms with van der Waals surface area (Å²) in [4.78, 5) is 26.9. The molecule has 39 heavy (non-hydrogen) atoms. The van der Waals surface area contributed by atoms with Gasteiger partial charge in [0.25, 0.3) is 5.91 Å². The summed E-state index contributed by atoms with van der Waals surface area (Å²) in [7, 11) is 2.05. The molecule has 0 aliphatic rings. The second-order valence-electron chi connectivity index (χ2n) is 10.1. The van der Waals surface area contributed by atoms with Gasteiger partial charge >= 0.3 is 5.97 Å². The van der Waals surface area contributed by atoms with Crippen molar-refractivity contribution in [2.24, 2.45) is 7.05 Å². The van der Waals surface area contributed by atoms with Crippen molar-refractivity contribution in [3.8, 4) is 5.75 Å². The van der Waals surface area contributed by atoms with E-state index in [1.807, 2.05) is 43.1 Å². The van der Waals surface area contributed by atoms with Gasteiger partial charge in [-0.1, -0.05) is 69.9 Å². The van der Waals surface area contributed by atoms with E-state index in [0.717, 1.165) is 29.6 Å². The minimum atomic E-state index is -0.962. The van der Waals surface area contributed by atoms with Gasteiger partial charge < -0.3 is 24.0 Å². The summed E-state index contributed by atoms with van der Waals surface area (Å²) in [5, 5.41) is 10.8. The van der Waals surface area contributed by atoms with E-state index in [1.165, 1.54) is 24.6 Å². The van der Waals surface area contributed by atoms with Crippen LogP contribution in [0.4, 0.5) is 0 Å². The van der Waals surface area contributed by atoms with E-state index in [9.17, 15) is 14.7 Å². The van der Waals surface area contributed by atoms with Crippen LogP contribution < -0.4 is 4.74 Å². The summed E-state index contributed by atoms with van der Waals surface area (Å²) >= 11 is 0. The maximum Gasteiger partial charge on any atom is 0.333 e. The molecule has 0 saturated carbocycles. The fourth-order valence-corrected chi connectivity index (χ4v) is 5.10. The third kappa shape index (κ3) is 8.33. The number of aryl methyl sites for hydroxylation is 1. The zero-order chi connectivity index (χ0) is 28.2. The molecule has 3 rings (SSSR count).